The molecule has 3 nitrogen and oxygen atoms in total. The third kappa shape index (κ3) is 2.59. The second kappa shape index (κ2) is 4.99. The third-order valence-electron chi connectivity index (χ3n) is 3.29. The highest BCUT2D eigenvalue weighted by molar-refractivity contribution is 9.10. The molecule has 1 atom stereocenters. The first-order valence-electron chi connectivity index (χ1n) is 5.66. The van der Waals surface area contributed by atoms with Crippen molar-refractivity contribution >= 4 is 37.3 Å². The molecule has 6 heteroatoms. The molecule has 1 aromatic rings. The predicted molar refractivity (Wildman–Crippen MR) is 73.7 cm³/mol. The van der Waals surface area contributed by atoms with Crippen LogP contribution in [0.4, 0.5) is 0 Å². The summed E-state index contributed by atoms with van der Waals surface area (Å²) >= 11 is 4.57. The van der Waals surface area contributed by atoms with E-state index in [1.54, 1.807) is 15.8 Å². The van der Waals surface area contributed by atoms with Crippen molar-refractivity contribution in [3.63, 3.8) is 0 Å². The Hall–Kier alpha value is 0.0900. The minimum absolute atomic E-state index is 0.432. The van der Waals surface area contributed by atoms with Crippen LogP contribution in [0.3, 0.4) is 0 Å². The lowest BCUT2D eigenvalue weighted by Crippen LogP contribution is -2.29. The summed E-state index contributed by atoms with van der Waals surface area (Å²) in [5.74, 6) is 1.03. The maximum absolute atomic E-state index is 12.4. The maximum Gasteiger partial charge on any atom is 0.253 e. The Kier molecular flexibility index (Phi) is 3.97. The first kappa shape index (κ1) is 13.5. The largest absolute Gasteiger partial charge is 0.253 e. The summed E-state index contributed by atoms with van der Waals surface area (Å²) in [5.41, 5.74) is 0. The van der Waals surface area contributed by atoms with Crippen LogP contribution in [0.25, 0.3) is 0 Å². The van der Waals surface area contributed by atoms with E-state index >= 15 is 0 Å². The van der Waals surface area contributed by atoms with Crippen molar-refractivity contribution < 1.29 is 8.42 Å². The number of rotatable bonds is 3. The summed E-state index contributed by atoms with van der Waals surface area (Å²) in [6, 6.07) is 1.79. The van der Waals surface area contributed by atoms with Crippen molar-refractivity contribution in [2.75, 3.05) is 13.1 Å². The Balaban J connectivity index is 2.22. The molecule has 1 aromatic heterocycles. The molecule has 0 aliphatic carbocycles. The lowest BCUT2D eigenvalue weighted by Gasteiger charge is -2.17. The van der Waals surface area contributed by atoms with Gasteiger partial charge in [-0.2, -0.15) is 4.31 Å². The average molecular weight is 338 g/mol. The van der Waals surface area contributed by atoms with Crippen molar-refractivity contribution in [2.45, 2.75) is 24.5 Å². The quantitative estimate of drug-likeness (QED) is 0.849. The van der Waals surface area contributed by atoms with Crippen molar-refractivity contribution in [1.29, 1.82) is 0 Å². The molecule has 1 aliphatic heterocycles. The summed E-state index contributed by atoms with van der Waals surface area (Å²) in [4.78, 5) is 0. The van der Waals surface area contributed by atoms with Crippen molar-refractivity contribution in [1.82, 2.24) is 4.31 Å². The number of thiophene rings is 1. The van der Waals surface area contributed by atoms with E-state index in [1.807, 2.05) is 0 Å². The van der Waals surface area contributed by atoms with Gasteiger partial charge in [-0.05, 0) is 45.6 Å². The van der Waals surface area contributed by atoms with Crippen molar-refractivity contribution in [2.24, 2.45) is 11.8 Å². The van der Waals surface area contributed by atoms with Crippen molar-refractivity contribution in [3.05, 3.63) is 15.9 Å². The molecule has 0 N–H and O–H groups in total. The highest BCUT2D eigenvalue weighted by atomic mass is 79.9. The maximum atomic E-state index is 12.4. The van der Waals surface area contributed by atoms with E-state index in [-0.39, 0.29) is 0 Å². The smallest absolute Gasteiger partial charge is 0.206 e. The van der Waals surface area contributed by atoms with E-state index in [9.17, 15) is 8.42 Å². The number of sulfonamides is 1. The van der Waals surface area contributed by atoms with Crippen LogP contribution >= 0.6 is 27.3 Å². The van der Waals surface area contributed by atoms with Crippen LogP contribution in [0.2, 0.25) is 0 Å². The molecule has 2 heterocycles. The van der Waals surface area contributed by atoms with E-state index in [4.69, 9.17) is 0 Å². The van der Waals surface area contributed by atoms with Crippen LogP contribution in [0, 0.1) is 11.8 Å². The molecule has 0 bridgehead atoms. The Bertz CT molecular complexity index is 495. The molecule has 1 fully saturated rings. The fourth-order valence-corrected chi connectivity index (χ4v) is 6.06. The summed E-state index contributed by atoms with van der Waals surface area (Å²) in [6.45, 7) is 5.61. The molecule has 96 valence electrons. The highest BCUT2D eigenvalue weighted by Gasteiger charge is 2.35. The molecule has 0 aromatic carbocycles. The van der Waals surface area contributed by atoms with Gasteiger partial charge < -0.3 is 0 Å². The van der Waals surface area contributed by atoms with Crippen LogP contribution in [0.15, 0.2) is 20.1 Å². The standard InChI is InChI=1S/C11H16BrNO2S2/c1-8(2)9-3-5-13(7-9)17(14,15)11-10(12)4-6-16-11/h4,6,8-9H,3,5,7H2,1-2H3. The van der Waals surface area contributed by atoms with E-state index in [1.165, 1.54) is 11.3 Å². The van der Waals surface area contributed by atoms with Gasteiger partial charge >= 0.3 is 0 Å². The normalized spacial score (nSPS) is 22.5. The van der Waals surface area contributed by atoms with Gasteiger partial charge in [-0.1, -0.05) is 13.8 Å². The Labute approximate surface area is 115 Å². The molecule has 17 heavy (non-hydrogen) atoms. The summed E-state index contributed by atoms with van der Waals surface area (Å²) in [5, 5.41) is 1.80. The molecule has 0 saturated carbocycles. The molecule has 1 unspecified atom stereocenters. The van der Waals surface area contributed by atoms with Gasteiger partial charge in [-0.15, -0.1) is 11.3 Å². The van der Waals surface area contributed by atoms with Gasteiger partial charge in [0.2, 0.25) is 0 Å². The highest BCUT2D eigenvalue weighted by Crippen LogP contribution is 2.34. The Morgan fingerprint density at radius 2 is 2.24 bits per heavy atom. The zero-order chi connectivity index (χ0) is 12.6. The predicted octanol–water partition coefficient (Wildman–Crippen LogP) is 3.18. The van der Waals surface area contributed by atoms with E-state index < -0.39 is 10.0 Å². The summed E-state index contributed by atoms with van der Waals surface area (Å²) in [7, 11) is -3.29. The molecular formula is C11H16BrNO2S2. The van der Waals surface area contributed by atoms with E-state index in [0.29, 0.717) is 33.6 Å². The minimum atomic E-state index is -3.29. The molecule has 0 amide bonds. The van der Waals surface area contributed by atoms with Crippen LogP contribution in [-0.2, 0) is 10.0 Å². The van der Waals surface area contributed by atoms with Gasteiger partial charge in [-0.25, -0.2) is 8.42 Å². The topological polar surface area (TPSA) is 37.4 Å². The van der Waals surface area contributed by atoms with Gasteiger partial charge in [0, 0.05) is 17.6 Å². The number of hydrogen-bond acceptors (Lipinski definition) is 3. The van der Waals surface area contributed by atoms with Gasteiger partial charge in [-0.3, -0.25) is 0 Å². The second-order valence-electron chi connectivity index (χ2n) is 4.71. The minimum Gasteiger partial charge on any atom is -0.206 e. The molecule has 0 radical (unpaired) electrons. The van der Waals surface area contributed by atoms with Crippen LogP contribution < -0.4 is 0 Å². The van der Waals surface area contributed by atoms with Crippen molar-refractivity contribution in [3.8, 4) is 0 Å². The third-order valence-corrected chi connectivity index (χ3v) is 7.80. The van der Waals surface area contributed by atoms with E-state index in [0.717, 1.165) is 6.42 Å². The average Bonchev–Trinajstić information content (AvgIpc) is 2.84. The second-order valence-corrected chi connectivity index (χ2v) is 8.62. The fraction of sp³-hybridized carbons (Fsp3) is 0.636. The summed E-state index contributed by atoms with van der Waals surface area (Å²) in [6.07, 6.45) is 0.972. The molecule has 1 aliphatic rings. The first-order valence-corrected chi connectivity index (χ1v) is 8.77. The molecular weight excluding hydrogens is 322 g/mol. The van der Waals surface area contributed by atoms with Gasteiger partial charge in [0.15, 0.2) is 0 Å². The van der Waals surface area contributed by atoms with Crippen LogP contribution in [-0.4, -0.2) is 25.8 Å². The zero-order valence-corrected chi connectivity index (χ0v) is 13.1. The summed E-state index contributed by atoms with van der Waals surface area (Å²) < 4.78 is 27.5. The molecule has 2 rings (SSSR count). The van der Waals surface area contributed by atoms with E-state index in [2.05, 4.69) is 29.8 Å². The lowest BCUT2D eigenvalue weighted by atomic mass is 9.96. The number of hydrogen-bond donors (Lipinski definition) is 0. The van der Waals surface area contributed by atoms with Gasteiger partial charge in [0.25, 0.3) is 10.0 Å². The molecule has 0 spiro atoms. The van der Waals surface area contributed by atoms with Crippen LogP contribution in [0.5, 0.6) is 0 Å². The Morgan fingerprint density at radius 1 is 1.53 bits per heavy atom. The fourth-order valence-electron chi connectivity index (χ4n) is 2.10. The first-order chi connectivity index (χ1) is 7.93. The Morgan fingerprint density at radius 3 is 2.71 bits per heavy atom. The molecule has 1 saturated heterocycles. The monoisotopic (exact) mass is 337 g/mol. The zero-order valence-electron chi connectivity index (χ0n) is 9.89. The van der Waals surface area contributed by atoms with Crippen LogP contribution in [0.1, 0.15) is 20.3 Å². The number of halogens is 1. The van der Waals surface area contributed by atoms with Gasteiger partial charge in [0.05, 0.1) is 0 Å². The van der Waals surface area contributed by atoms with Gasteiger partial charge in [0.1, 0.15) is 4.21 Å². The lowest BCUT2D eigenvalue weighted by molar-refractivity contribution is 0.389. The SMILES string of the molecule is CC(C)C1CCN(S(=O)(=O)c2sccc2Br)C1. The number of nitrogens with zero attached hydrogens (tertiary/aromatic N) is 1.